The Morgan fingerprint density at radius 2 is 1.87 bits per heavy atom. The summed E-state index contributed by atoms with van der Waals surface area (Å²) in [6.45, 7) is 3.98. The number of nitrogens with zero attached hydrogens (tertiary/aromatic N) is 1. The summed E-state index contributed by atoms with van der Waals surface area (Å²) >= 11 is 1.17. The lowest BCUT2D eigenvalue weighted by molar-refractivity contribution is 0.0935. The monoisotopic (exact) mass is 458 g/mol. The van der Waals surface area contributed by atoms with Gasteiger partial charge in [0.2, 0.25) is 0 Å². The van der Waals surface area contributed by atoms with E-state index in [4.69, 9.17) is 4.74 Å². The number of carbonyl (C=O) groups excluding carboxylic acids is 1. The van der Waals surface area contributed by atoms with E-state index in [0.717, 1.165) is 23.3 Å². The van der Waals surface area contributed by atoms with E-state index in [-0.39, 0.29) is 16.2 Å². The predicted octanol–water partition coefficient (Wildman–Crippen LogP) is 4.77. The molecule has 1 atom stereocenters. The van der Waals surface area contributed by atoms with Gasteiger partial charge in [0.1, 0.15) is 9.96 Å². The van der Waals surface area contributed by atoms with E-state index >= 15 is 0 Å². The van der Waals surface area contributed by atoms with Gasteiger partial charge in [-0.3, -0.25) is 9.10 Å². The topological polar surface area (TPSA) is 75.7 Å². The Morgan fingerprint density at radius 3 is 2.42 bits per heavy atom. The van der Waals surface area contributed by atoms with Crippen molar-refractivity contribution in [1.29, 1.82) is 0 Å². The van der Waals surface area contributed by atoms with Crippen LogP contribution >= 0.6 is 11.3 Å². The molecule has 0 radical (unpaired) electrons. The molecular weight excluding hydrogens is 432 g/mol. The van der Waals surface area contributed by atoms with Crippen LogP contribution in [-0.2, 0) is 10.0 Å². The maximum absolute atomic E-state index is 12.8. The molecule has 3 aromatic rings. The van der Waals surface area contributed by atoms with Gasteiger partial charge in [-0.1, -0.05) is 25.1 Å². The molecule has 0 bridgehead atoms. The lowest BCUT2D eigenvalue weighted by atomic mass is 10.0. The highest BCUT2D eigenvalue weighted by Crippen LogP contribution is 2.27. The zero-order valence-electron chi connectivity index (χ0n) is 18.0. The smallest absolute Gasteiger partial charge is 0.273 e. The number of amides is 1. The van der Waals surface area contributed by atoms with Gasteiger partial charge in [0.15, 0.2) is 0 Å². The Morgan fingerprint density at radius 1 is 1.16 bits per heavy atom. The van der Waals surface area contributed by atoms with E-state index in [2.05, 4.69) is 5.32 Å². The Labute approximate surface area is 187 Å². The zero-order chi connectivity index (χ0) is 22.6. The number of sulfonamides is 1. The predicted molar refractivity (Wildman–Crippen MR) is 125 cm³/mol. The van der Waals surface area contributed by atoms with Gasteiger partial charge >= 0.3 is 0 Å². The molecule has 0 spiro atoms. The Bertz CT molecular complexity index is 1140. The molecule has 0 saturated heterocycles. The van der Waals surface area contributed by atoms with E-state index in [1.165, 1.54) is 22.7 Å². The summed E-state index contributed by atoms with van der Waals surface area (Å²) in [5.41, 5.74) is 2.97. The van der Waals surface area contributed by atoms with Gasteiger partial charge in [-0.05, 0) is 66.2 Å². The summed E-state index contributed by atoms with van der Waals surface area (Å²) in [7, 11) is -0.474. The highest BCUT2D eigenvalue weighted by Gasteiger charge is 2.22. The number of thiophene rings is 1. The van der Waals surface area contributed by atoms with Crippen LogP contribution in [0.1, 0.15) is 40.9 Å². The molecule has 0 aliphatic rings. The lowest BCUT2D eigenvalue weighted by Crippen LogP contribution is -2.28. The highest BCUT2D eigenvalue weighted by molar-refractivity contribution is 7.94. The fraction of sp³-hybridized carbons (Fsp3) is 0.261. The second-order valence-electron chi connectivity index (χ2n) is 7.11. The van der Waals surface area contributed by atoms with Gasteiger partial charge in [-0.25, -0.2) is 8.42 Å². The van der Waals surface area contributed by atoms with Gasteiger partial charge in [0.05, 0.1) is 18.8 Å². The van der Waals surface area contributed by atoms with Crippen LogP contribution in [0, 0.1) is 6.92 Å². The van der Waals surface area contributed by atoms with Crippen molar-refractivity contribution in [3.05, 3.63) is 76.7 Å². The van der Waals surface area contributed by atoms with Crippen molar-refractivity contribution in [3.8, 4) is 5.75 Å². The third-order valence-electron chi connectivity index (χ3n) is 5.14. The molecule has 2 aromatic carbocycles. The standard InChI is InChI=1S/C23H26N2O4S2/c1-5-20(18-10-13-21(29-4)16(2)15-18)24-23(26)17-8-11-19(12-9-17)25(3)31(27,28)22-7-6-14-30-22/h6-15,20H,5H2,1-4H3,(H,24,26). The second kappa shape index (κ2) is 9.53. The van der Waals surface area contributed by atoms with Crippen LogP contribution in [0.5, 0.6) is 5.75 Å². The summed E-state index contributed by atoms with van der Waals surface area (Å²) in [5, 5.41) is 4.78. The van der Waals surface area contributed by atoms with Crippen LogP contribution in [0.2, 0.25) is 0 Å². The first kappa shape index (κ1) is 22.8. The van der Waals surface area contributed by atoms with Crippen LogP contribution in [-0.4, -0.2) is 28.5 Å². The molecular formula is C23H26N2O4S2. The highest BCUT2D eigenvalue weighted by atomic mass is 32.2. The van der Waals surface area contributed by atoms with Crippen LogP contribution < -0.4 is 14.4 Å². The third kappa shape index (κ3) is 4.91. The number of benzene rings is 2. The minimum absolute atomic E-state index is 0.140. The number of hydrogen-bond donors (Lipinski definition) is 1. The molecule has 164 valence electrons. The molecule has 0 fully saturated rings. The molecule has 3 rings (SSSR count). The van der Waals surface area contributed by atoms with Crippen LogP contribution in [0.15, 0.2) is 64.2 Å². The number of hydrogen-bond acceptors (Lipinski definition) is 5. The summed E-state index contributed by atoms with van der Waals surface area (Å²) in [6, 6.07) is 15.5. The van der Waals surface area contributed by atoms with E-state index < -0.39 is 10.0 Å². The third-order valence-corrected chi connectivity index (χ3v) is 8.30. The van der Waals surface area contributed by atoms with Crippen molar-refractivity contribution in [2.45, 2.75) is 30.5 Å². The molecule has 8 heteroatoms. The molecule has 1 N–H and O–H groups in total. The van der Waals surface area contributed by atoms with Crippen LogP contribution in [0.4, 0.5) is 5.69 Å². The molecule has 1 unspecified atom stereocenters. The number of ether oxygens (including phenoxy) is 1. The molecule has 31 heavy (non-hydrogen) atoms. The summed E-state index contributed by atoms with van der Waals surface area (Å²) in [6.07, 6.45) is 0.734. The molecule has 0 aliphatic carbocycles. The average molecular weight is 459 g/mol. The normalized spacial score (nSPS) is 12.3. The van der Waals surface area contributed by atoms with E-state index in [0.29, 0.717) is 11.3 Å². The largest absolute Gasteiger partial charge is 0.496 e. The fourth-order valence-corrected chi connectivity index (χ4v) is 5.64. The Kier molecular flexibility index (Phi) is 7.02. The molecule has 1 aromatic heterocycles. The van der Waals surface area contributed by atoms with Crippen molar-refractivity contribution < 1.29 is 17.9 Å². The second-order valence-corrected chi connectivity index (χ2v) is 10.3. The maximum Gasteiger partial charge on any atom is 0.273 e. The van der Waals surface area contributed by atoms with Crippen molar-refractivity contribution in [1.82, 2.24) is 5.32 Å². The Balaban J connectivity index is 1.74. The van der Waals surface area contributed by atoms with Gasteiger partial charge in [-0.15, -0.1) is 11.3 Å². The van der Waals surface area contributed by atoms with Crippen molar-refractivity contribution in [2.75, 3.05) is 18.5 Å². The van der Waals surface area contributed by atoms with Crippen LogP contribution in [0.3, 0.4) is 0 Å². The minimum atomic E-state index is -3.61. The first-order chi connectivity index (χ1) is 14.8. The summed E-state index contributed by atoms with van der Waals surface area (Å²) in [5.74, 6) is 0.595. The molecule has 1 heterocycles. The Hall–Kier alpha value is -2.84. The van der Waals surface area contributed by atoms with Crippen molar-refractivity contribution in [2.24, 2.45) is 0 Å². The van der Waals surface area contributed by atoms with Gasteiger partial charge in [0, 0.05) is 12.6 Å². The number of aryl methyl sites for hydroxylation is 1. The molecule has 0 saturated carbocycles. The number of nitrogens with one attached hydrogen (secondary N) is 1. The molecule has 0 aliphatic heterocycles. The molecule has 6 nitrogen and oxygen atoms in total. The van der Waals surface area contributed by atoms with Crippen molar-refractivity contribution >= 4 is 33.0 Å². The summed E-state index contributed by atoms with van der Waals surface area (Å²) in [4.78, 5) is 12.8. The quantitative estimate of drug-likeness (QED) is 0.528. The summed E-state index contributed by atoms with van der Waals surface area (Å²) < 4.78 is 32.2. The van der Waals surface area contributed by atoms with Gasteiger partial charge in [-0.2, -0.15) is 0 Å². The first-order valence-electron chi connectivity index (χ1n) is 9.85. The number of carbonyl (C=O) groups is 1. The van der Waals surface area contributed by atoms with Crippen molar-refractivity contribution in [3.63, 3.8) is 0 Å². The van der Waals surface area contributed by atoms with E-state index in [9.17, 15) is 13.2 Å². The zero-order valence-corrected chi connectivity index (χ0v) is 19.6. The van der Waals surface area contributed by atoms with E-state index in [1.807, 2.05) is 32.0 Å². The maximum atomic E-state index is 12.8. The first-order valence-corrected chi connectivity index (χ1v) is 12.2. The van der Waals surface area contributed by atoms with Gasteiger partial charge in [0.25, 0.3) is 15.9 Å². The number of methoxy groups -OCH3 is 1. The average Bonchev–Trinajstić information content (AvgIpc) is 3.32. The minimum Gasteiger partial charge on any atom is -0.496 e. The SMILES string of the molecule is CCC(NC(=O)c1ccc(N(C)S(=O)(=O)c2cccs2)cc1)c1ccc(OC)c(C)c1. The van der Waals surface area contributed by atoms with Crippen LogP contribution in [0.25, 0.3) is 0 Å². The van der Waals surface area contributed by atoms with E-state index in [1.54, 1.807) is 48.9 Å². The number of rotatable bonds is 8. The molecule has 1 amide bonds. The number of anilines is 1. The fourth-order valence-electron chi connectivity index (χ4n) is 3.29. The lowest BCUT2D eigenvalue weighted by Gasteiger charge is -2.20. The van der Waals surface area contributed by atoms with Gasteiger partial charge < -0.3 is 10.1 Å².